The minimum absolute atomic E-state index is 0.0519. The Balaban J connectivity index is 1.65. The summed E-state index contributed by atoms with van der Waals surface area (Å²) in [4.78, 5) is 29.1. The highest BCUT2D eigenvalue weighted by Gasteiger charge is 2.35. The molecule has 1 fully saturated rings. The molecule has 9 heteroatoms. The molecular weight excluding hydrogens is 406 g/mol. The standard InChI is InChI=1S/C18H20ClN3O3S2/c1-10-11(3-2-4-12(10)19)16(20)14-5-6-15(23)22(14)7-8-26-18-21-13(9-27-18)17(24)25/h2-4,9,14,16H,5-8,20H2,1H3,(H,24,25)/t14-,16?/m1/s1. The summed E-state index contributed by atoms with van der Waals surface area (Å²) in [5.74, 6) is -0.298. The normalized spacial score (nSPS) is 18.1. The third-order valence-corrected chi connectivity index (χ3v) is 7.13. The summed E-state index contributed by atoms with van der Waals surface area (Å²) in [5.41, 5.74) is 8.47. The molecule has 1 aromatic heterocycles. The molecule has 0 saturated carbocycles. The van der Waals surface area contributed by atoms with Crippen molar-refractivity contribution in [3.05, 3.63) is 45.4 Å². The number of aromatic nitrogens is 1. The van der Waals surface area contributed by atoms with Crippen LogP contribution in [-0.2, 0) is 4.79 Å². The van der Waals surface area contributed by atoms with Gasteiger partial charge in [-0.3, -0.25) is 4.79 Å². The lowest BCUT2D eigenvalue weighted by molar-refractivity contribution is -0.128. The average molecular weight is 426 g/mol. The maximum absolute atomic E-state index is 12.4. The van der Waals surface area contributed by atoms with E-state index in [1.165, 1.54) is 28.5 Å². The number of thiazole rings is 1. The highest BCUT2D eigenvalue weighted by atomic mass is 35.5. The quantitative estimate of drug-likeness (QED) is 0.658. The molecule has 1 aromatic carbocycles. The summed E-state index contributed by atoms with van der Waals surface area (Å²) in [5, 5.41) is 11.1. The molecule has 1 aliphatic rings. The molecule has 1 amide bonds. The zero-order valence-corrected chi connectivity index (χ0v) is 17.1. The Morgan fingerprint density at radius 3 is 3.04 bits per heavy atom. The van der Waals surface area contributed by atoms with Gasteiger partial charge in [-0.1, -0.05) is 35.5 Å². The van der Waals surface area contributed by atoms with Crippen LogP contribution in [0.5, 0.6) is 0 Å². The molecule has 0 radical (unpaired) electrons. The van der Waals surface area contributed by atoms with Crippen LogP contribution < -0.4 is 5.73 Å². The van der Waals surface area contributed by atoms with Crippen molar-refractivity contribution in [2.45, 2.75) is 36.2 Å². The molecule has 0 aliphatic carbocycles. The smallest absolute Gasteiger partial charge is 0.355 e. The van der Waals surface area contributed by atoms with Gasteiger partial charge in [-0.25, -0.2) is 9.78 Å². The van der Waals surface area contributed by atoms with E-state index in [0.717, 1.165) is 17.5 Å². The van der Waals surface area contributed by atoms with Crippen LogP contribution in [0.4, 0.5) is 0 Å². The Bertz CT molecular complexity index is 858. The lowest BCUT2D eigenvalue weighted by Crippen LogP contribution is -2.41. The molecule has 3 rings (SSSR count). The van der Waals surface area contributed by atoms with Crippen molar-refractivity contribution in [1.29, 1.82) is 0 Å². The number of likely N-dealkylation sites (tertiary alicyclic amines) is 1. The van der Waals surface area contributed by atoms with Crippen molar-refractivity contribution < 1.29 is 14.7 Å². The molecule has 0 bridgehead atoms. The second-order valence-corrected chi connectivity index (χ2v) is 8.93. The number of benzene rings is 1. The maximum Gasteiger partial charge on any atom is 0.355 e. The number of rotatable bonds is 7. The van der Waals surface area contributed by atoms with Crippen molar-refractivity contribution >= 4 is 46.6 Å². The molecule has 1 saturated heterocycles. The number of hydrogen-bond acceptors (Lipinski definition) is 6. The van der Waals surface area contributed by atoms with Gasteiger partial charge in [0, 0.05) is 29.1 Å². The van der Waals surface area contributed by atoms with E-state index in [-0.39, 0.29) is 23.7 Å². The number of carbonyl (C=O) groups is 2. The Morgan fingerprint density at radius 1 is 1.56 bits per heavy atom. The van der Waals surface area contributed by atoms with Gasteiger partial charge < -0.3 is 15.7 Å². The third-order valence-electron chi connectivity index (χ3n) is 4.72. The van der Waals surface area contributed by atoms with Crippen LogP contribution in [-0.4, -0.2) is 45.2 Å². The molecule has 1 unspecified atom stereocenters. The SMILES string of the molecule is Cc1c(Cl)cccc1C(N)[C@H]1CCC(=O)N1CCSc1nc(C(=O)O)cs1. The summed E-state index contributed by atoms with van der Waals surface area (Å²) in [7, 11) is 0. The molecule has 1 aliphatic heterocycles. The molecule has 6 nitrogen and oxygen atoms in total. The monoisotopic (exact) mass is 425 g/mol. The lowest BCUT2D eigenvalue weighted by Gasteiger charge is -2.30. The van der Waals surface area contributed by atoms with Crippen LogP contribution in [0.3, 0.4) is 0 Å². The third kappa shape index (κ3) is 4.45. The van der Waals surface area contributed by atoms with Crippen molar-refractivity contribution in [3.63, 3.8) is 0 Å². The summed E-state index contributed by atoms with van der Waals surface area (Å²) in [6.07, 6.45) is 1.21. The van der Waals surface area contributed by atoms with Crippen molar-refractivity contribution in [3.8, 4) is 0 Å². The Morgan fingerprint density at radius 2 is 2.33 bits per heavy atom. The lowest BCUT2D eigenvalue weighted by atomic mass is 9.94. The Labute approximate surface area is 170 Å². The van der Waals surface area contributed by atoms with Gasteiger partial charge in [0.05, 0.1) is 12.1 Å². The highest BCUT2D eigenvalue weighted by Crippen LogP contribution is 2.33. The van der Waals surface area contributed by atoms with E-state index in [0.29, 0.717) is 28.1 Å². The summed E-state index contributed by atoms with van der Waals surface area (Å²) in [6, 6.07) is 5.31. The number of carbonyl (C=O) groups excluding carboxylic acids is 1. The minimum atomic E-state index is -1.03. The molecule has 2 aromatic rings. The Kier molecular flexibility index (Phi) is 6.41. The van der Waals surface area contributed by atoms with Crippen LogP contribution in [0.15, 0.2) is 27.9 Å². The van der Waals surface area contributed by atoms with Gasteiger partial charge in [0.2, 0.25) is 5.91 Å². The second-order valence-electron chi connectivity index (χ2n) is 6.33. The zero-order chi connectivity index (χ0) is 19.6. The second kappa shape index (κ2) is 8.60. The number of amides is 1. The van der Waals surface area contributed by atoms with Gasteiger partial charge in [-0.05, 0) is 30.5 Å². The zero-order valence-electron chi connectivity index (χ0n) is 14.7. The van der Waals surface area contributed by atoms with Crippen LogP contribution in [0.1, 0.15) is 40.5 Å². The van der Waals surface area contributed by atoms with Crippen LogP contribution in [0.2, 0.25) is 5.02 Å². The number of halogens is 1. The van der Waals surface area contributed by atoms with Gasteiger partial charge in [0.15, 0.2) is 10.0 Å². The van der Waals surface area contributed by atoms with Crippen LogP contribution in [0, 0.1) is 6.92 Å². The molecule has 144 valence electrons. The maximum atomic E-state index is 12.4. The highest BCUT2D eigenvalue weighted by molar-refractivity contribution is 8.01. The molecule has 2 atom stereocenters. The molecule has 3 N–H and O–H groups in total. The number of carboxylic acids is 1. The van der Waals surface area contributed by atoms with Crippen molar-refractivity contribution in [2.24, 2.45) is 5.73 Å². The van der Waals surface area contributed by atoms with E-state index in [2.05, 4.69) is 4.98 Å². The fraction of sp³-hybridized carbons (Fsp3) is 0.389. The van der Waals surface area contributed by atoms with Crippen LogP contribution >= 0.6 is 34.7 Å². The summed E-state index contributed by atoms with van der Waals surface area (Å²) >= 11 is 8.97. The summed E-state index contributed by atoms with van der Waals surface area (Å²) < 4.78 is 0.686. The largest absolute Gasteiger partial charge is 0.476 e. The van der Waals surface area contributed by atoms with Crippen molar-refractivity contribution in [1.82, 2.24) is 9.88 Å². The molecule has 27 heavy (non-hydrogen) atoms. The van der Waals surface area contributed by atoms with Crippen molar-refractivity contribution in [2.75, 3.05) is 12.3 Å². The fourth-order valence-corrected chi connectivity index (χ4v) is 5.26. The molecular formula is C18H20ClN3O3S2. The van der Waals surface area contributed by atoms with Crippen LogP contribution in [0.25, 0.3) is 0 Å². The number of aromatic carboxylic acids is 1. The van der Waals surface area contributed by atoms with E-state index in [9.17, 15) is 9.59 Å². The van der Waals surface area contributed by atoms with E-state index in [1.807, 2.05) is 30.0 Å². The first-order valence-electron chi connectivity index (χ1n) is 8.50. The number of nitrogens with two attached hydrogens (primary N) is 1. The predicted octanol–water partition coefficient (Wildman–Crippen LogP) is 3.59. The fourth-order valence-electron chi connectivity index (χ4n) is 3.27. The first kappa shape index (κ1) is 20.1. The number of nitrogens with zero attached hydrogens (tertiary/aromatic N) is 2. The Hall–Kier alpha value is -1.61. The van der Waals surface area contributed by atoms with Gasteiger partial charge in [-0.2, -0.15) is 0 Å². The van der Waals surface area contributed by atoms with Gasteiger partial charge in [-0.15, -0.1) is 11.3 Å². The topological polar surface area (TPSA) is 96.5 Å². The number of carboxylic acid groups (broad SMARTS) is 1. The molecule has 2 heterocycles. The van der Waals surface area contributed by atoms with E-state index in [4.69, 9.17) is 22.4 Å². The average Bonchev–Trinajstić information content (AvgIpc) is 3.25. The predicted molar refractivity (Wildman–Crippen MR) is 108 cm³/mol. The van der Waals surface area contributed by atoms with E-state index < -0.39 is 5.97 Å². The first-order valence-corrected chi connectivity index (χ1v) is 10.7. The van der Waals surface area contributed by atoms with Gasteiger partial charge in [0.1, 0.15) is 0 Å². The van der Waals surface area contributed by atoms with E-state index >= 15 is 0 Å². The molecule has 0 spiro atoms. The van der Waals surface area contributed by atoms with Gasteiger partial charge >= 0.3 is 5.97 Å². The summed E-state index contributed by atoms with van der Waals surface area (Å²) in [6.45, 7) is 2.49. The number of hydrogen-bond donors (Lipinski definition) is 2. The van der Waals surface area contributed by atoms with E-state index in [1.54, 1.807) is 0 Å². The number of thioether (sulfide) groups is 1. The minimum Gasteiger partial charge on any atom is -0.476 e. The first-order chi connectivity index (χ1) is 12.9. The van der Waals surface area contributed by atoms with Gasteiger partial charge in [0.25, 0.3) is 0 Å².